The van der Waals surface area contributed by atoms with Gasteiger partial charge >= 0.3 is 0 Å². The summed E-state index contributed by atoms with van der Waals surface area (Å²) >= 11 is 3.45. The summed E-state index contributed by atoms with van der Waals surface area (Å²) in [6.07, 6.45) is 2.28. The predicted molar refractivity (Wildman–Crippen MR) is 73.0 cm³/mol. The van der Waals surface area contributed by atoms with Gasteiger partial charge in [0.05, 0.1) is 10.9 Å². The molecule has 1 atom stereocenters. The third kappa shape index (κ3) is 1.68. The predicted octanol–water partition coefficient (Wildman–Crippen LogP) is 3.44. The van der Waals surface area contributed by atoms with Crippen LogP contribution >= 0.6 is 22.7 Å². The van der Waals surface area contributed by atoms with Crippen molar-refractivity contribution in [3.05, 3.63) is 23.3 Å². The summed E-state index contributed by atoms with van der Waals surface area (Å²) < 4.78 is 7.95. The summed E-state index contributed by atoms with van der Waals surface area (Å²) in [5.74, 6) is 1.44. The first-order chi connectivity index (χ1) is 8.90. The molecule has 1 unspecified atom stereocenters. The molecule has 3 aromatic heterocycles. The Morgan fingerprint density at radius 3 is 3.22 bits per heavy atom. The van der Waals surface area contributed by atoms with Crippen LogP contribution in [0.5, 0.6) is 0 Å². The summed E-state index contributed by atoms with van der Waals surface area (Å²) in [4.78, 5) is 5.58. The van der Waals surface area contributed by atoms with Crippen LogP contribution < -0.4 is 5.32 Å². The van der Waals surface area contributed by atoms with Crippen molar-refractivity contribution in [2.45, 2.75) is 18.9 Å². The number of nitrogens with one attached hydrogen (secondary N) is 1. The first-order valence-electron chi connectivity index (χ1n) is 5.94. The van der Waals surface area contributed by atoms with E-state index in [4.69, 9.17) is 4.52 Å². The molecule has 6 heteroatoms. The van der Waals surface area contributed by atoms with Crippen LogP contribution in [0.2, 0.25) is 0 Å². The largest absolute Gasteiger partial charge is 0.333 e. The third-order valence-corrected chi connectivity index (χ3v) is 5.25. The fourth-order valence-corrected chi connectivity index (χ4v) is 4.28. The first kappa shape index (κ1) is 10.7. The average molecular weight is 277 g/mol. The van der Waals surface area contributed by atoms with Gasteiger partial charge in [-0.2, -0.15) is 4.98 Å². The number of hydrogen-bond acceptors (Lipinski definition) is 6. The van der Waals surface area contributed by atoms with E-state index in [0.717, 1.165) is 23.7 Å². The zero-order valence-corrected chi connectivity index (χ0v) is 11.2. The van der Waals surface area contributed by atoms with Gasteiger partial charge in [0, 0.05) is 9.40 Å². The minimum Gasteiger partial charge on any atom is -0.333 e. The number of hydrogen-bond donors (Lipinski definition) is 1. The monoisotopic (exact) mass is 277 g/mol. The molecule has 1 aliphatic heterocycles. The highest BCUT2D eigenvalue weighted by molar-refractivity contribution is 7.28. The van der Waals surface area contributed by atoms with E-state index in [2.05, 4.69) is 33.0 Å². The fraction of sp³-hybridized carbons (Fsp3) is 0.333. The average Bonchev–Trinajstić information content (AvgIpc) is 3.13. The number of fused-ring (bicyclic) bond motifs is 1. The van der Waals surface area contributed by atoms with E-state index in [1.807, 2.05) is 0 Å². The van der Waals surface area contributed by atoms with Gasteiger partial charge in [0.1, 0.15) is 0 Å². The molecule has 0 aromatic carbocycles. The van der Waals surface area contributed by atoms with Crippen molar-refractivity contribution in [1.29, 1.82) is 0 Å². The minimum atomic E-state index is 0.267. The van der Waals surface area contributed by atoms with Gasteiger partial charge in [0.25, 0.3) is 5.89 Å². The Balaban J connectivity index is 1.69. The Kier molecular flexibility index (Phi) is 2.46. The van der Waals surface area contributed by atoms with Gasteiger partial charge in [-0.15, -0.1) is 22.7 Å². The van der Waals surface area contributed by atoms with Gasteiger partial charge in [0.2, 0.25) is 0 Å². The molecule has 92 valence electrons. The second kappa shape index (κ2) is 4.15. The van der Waals surface area contributed by atoms with E-state index in [-0.39, 0.29) is 6.04 Å². The molecule has 1 saturated heterocycles. The van der Waals surface area contributed by atoms with E-state index in [9.17, 15) is 0 Å². The molecular weight excluding hydrogens is 266 g/mol. The molecule has 0 aliphatic carbocycles. The number of nitrogens with zero attached hydrogens (tertiary/aromatic N) is 2. The molecule has 0 bridgehead atoms. The summed E-state index contributed by atoms with van der Waals surface area (Å²) in [7, 11) is 0. The molecule has 0 spiro atoms. The smallest absolute Gasteiger partial charge is 0.268 e. The molecule has 3 aromatic rings. The van der Waals surface area contributed by atoms with Crippen molar-refractivity contribution < 1.29 is 4.52 Å². The van der Waals surface area contributed by atoms with Gasteiger partial charge in [-0.05, 0) is 36.9 Å². The van der Waals surface area contributed by atoms with E-state index in [1.54, 1.807) is 22.7 Å². The maximum atomic E-state index is 5.38. The molecule has 1 N–H and O–H groups in total. The van der Waals surface area contributed by atoms with E-state index in [0.29, 0.717) is 5.89 Å². The molecule has 4 nitrogen and oxygen atoms in total. The fourth-order valence-electron chi connectivity index (χ4n) is 2.25. The Morgan fingerprint density at radius 2 is 2.39 bits per heavy atom. The van der Waals surface area contributed by atoms with Crippen LogP contribution in [-0.2, 0) is 0 Å². The molecule has 18 heavy (non-hydrogen) atoms. The van der Waals surface area contributed by atoms with Crippen LogP contribution in [0.25, 0.3) is 20.2 Å². The lowest BCUT2D eigenvalue weighted by molar-refractivity contribution is 0.413. The van der Waals surface area contributed by atoms with E-state index in [1.165, 1.54) is 15.8 Å². The summed E-state index contributed by atoms with van der Waals surface area (Å²) in [5.41, 5.74) is 0. The van der Waals surface area contributed by atoms with Gasteiger partial charge < -0.3 is 9.84 Å². The lowest BCUT2D eigenvalue weighted by Crippen LogP contribution is -2.14. The van der Waals surface area contributed by atoms with Crippen LogP contribution in [-0.4, -0.2) is 16.7 Å². The van der Waals surface area contributed by atoms with Crippen LogP contribution in [0.15, 0.2) is 22.0 Å². The zero-order chi connectivity index (χ0) is 11.9. The van der Waals surface area contributed by atoms with Crippen LogP contribution in [0.4, 0.5) is 0 Å². The third-order valence-electron chi connectivity index (χ3n) is 3.16. The summed E-state index contributed by atoms with van der Waals surface area (Å²) in [6, 6.07) is 4.53. The summed E-state index contributed by atoms with van der Waals surface area (Å²) in [6.45, 7) is 1.04. The number of rotatable bonds is 2. The van der Waals surface area contributed by atoms with Crippen molar-refractivity contribution in [2.24, 2.45) is 0 Å². The standard InChI is InChI=1S/C12H11N3OS2/c1-2-7(13-4-1)11-14-12(16-15-11)10-6-9-8(18-10)3-5-17-9/h3,5-7,13H,1-2,4H2. The molecule has 0 saturated carbocycles. The van der Waals surface area contributed by atoms with Gasteiger partial charge in [-0.25, -0.2) is 0 Å². The highest BCUT2D eigenvalue weighted by Crippen LogP contribution is 2.36. The van der Waals surface area contributed by atoms with Crippen LogP contribution in [0.1, 0.15) is 24.7 Å². The number of aromatic nitrogens is 2. The Labute approximate surface area is 112 Å². The maximum absolute atomic E-state index is 5.38. The molecule has 1 aliphatic rings. The second-order valence-electron chi connectivity index (χ2n) is 4.37. The lowest BCUT2D eigenvalue weighted by atomic mass is 10.2. The molecule has 1 fully saturated rings. The molecule has 0 radical (unpaired) electrons. The Hall–Kier alpha value is -1.24. The van der Waals surface area contributed by atoms with E-state index >= 15 is 0 Å². The first-order valence-corrected chi connectivity index (χ1v) is 7.64. The topological polar surface area (TPSA) is 51.0 Å². The highest BCUT2D eigenvalue weighted by atomic mass is 32.1. The molecule has 4 rings (SSSR count). The SMILES string of the molecule is c1cc2sc(-c3nc(C4CCCN4)no3)cc2s1. The second-order valence-corrected chi connectivity index (χ2v) is 6.40. The molecule has 0 amide bonds. The van der Waals surface area contributed by atoms with E-state index < -0.39 is 0 Å². The van der Waals surface area contributed by atoms with Crippen molar-refractivity contribution in [3.8, 4) is 10.8 Å². The maximum Gasteiger partial charge on any atom is 0.268 e. The minimum absolute atomic E-state index is 0.267. The normalized spacial score (nSPS) is 19.9. The van der Waals surface area contributed by atoms with Crippen LogP contribution in [0, 0.1) is 0 Å². The summed E-state index contributed by atoms with van der Waals surface area (Å²) in [5, 5.41) is 9.57. The quantitative estimate of drug-likeness (QED) is 0.779. The highest BCUT2D eigenvalue weighted by Gasteiger charge is 2.22. The number of thiophene rings is 2. The Bertz CT molecular complexity index is 650. The van der Waals surface area contributed by atoms with Gasteiger partial charge in [0.15, 0.2) is 5.82 Å². The molecular formula is C12H11N3OS2. The van der Waals surface area contributed by atoms with Crippen molar-refractivity contribution in [1.82, 2.24) is 15.5 Å². The van der Waals surface area contributed by atoms with Crippen molar-refractivity contribution in [2.75, 3.05) is 6.54 Å². The zero-order valence-electron chi connectivity index (χ0n) is 9.55. The van der Waals surface area contributed by atoms with Crippen LogP contribution in [0.3, 0.4) is 0 Å². The van der Waals surface area contributed by atoms with Crippen molar-refractivity contribution >= 4 is 32.1 Å². The Morgan fingerprint density at radius 1 is 1.39 bits per heavy atom. The lowest BCUT2D eigenvalue weighted by Gasteiger charge is -2.01. The van der Waals surface area contributed by atoms with Crippen molar-refractivity contribution in [3.63, 3.8) is 0 Å². The van der Waals surface area contributed by atoms with Gasteiger partial charge in [-0.1, -0.05) is 5.16 Å². The molecule has 4 heterocycles. The van der Waals surface area contributed by atoms with Gasteiger partial charge in [-0.3, -0.25) is 0 Å².